The van der Waals surface area contributed by atoms with Crippen LogP contribution in [0.4, 0.5) is 0 Å². The lowest BCUT2D eigenvalue weighted by atomic mass is 9.89. The third-order valence-corrected chi connectivity index (χ3v) is 3.32. The molecule has 1 atom stereocenters. The van der Waals surface area contributed by atoms with Gasteiger partial charge in [-0.15, -0.1) is 0 Å². The highest BCUT2D eigenvalue weighted by molar-refractivity contribution is 4.86. The van der Waals surface area contributed by atoms with Gasteiger partial charge in [-0.05, 0) is 38.6 Å². The van der Waals surface area contributed by atoms with Gasteiger partial charge >= 0.3 is 0 Å². The van der Waals surface area contributed by atoms with E-state index in [0.717, 1.165) is 19.8 Å². The van der Waals surface area contributed by atoms with Crippen molar-refractivity contribution >= 4 is 0 Å². The molecule has 1 heterocycles. The molecule has 1 saturated carbocycles. The molecule has 0 spiro atoms. The standard InChI is InChI=1S/C12H23NO2/c1-2-5-13-10-7-12(8-10)15-9-11-4-3-6-14-11/h10-13H,2-9H2,1H3. The van der Waals surface area contributed by atoms with Gasteiger partial charge in [-0.3, -0.25) is 0 Å². The van der Waals surface area contributed by atoms with Crippen LogP contribution < -0.4 is 5.32 Å². The van der Waals surface area contributed by atoms with E-state index in [0.29, 0.717) is 18.2 Å². The summed E-state index contributed by atoms with van der Waals surface area (Å²) in [5.41, 5.74) is 0. The normalized spacial score (nSPS) is 35.4. The second kappa shape index (κ2) is 5.83. The summed E-state index contributed by atoms with van der Waals surface area (Å²) < 4.78 is 11.3. The fraction of sp³-hybridized carbons (Fsp3) is 1.00. The summed E-state index contributed by atoms with van der Waals surface area (Å²) in [4.78, 5) is 0. The van der Waals surface area contributed by atoms with Crippen LogP contribution in [0.15, 0.2) is 0 Å². The Morgan fingerprint density at radius 1 is 1.40 bits per heavy atom. The molecule has 1 unspecified atom stereocenters. The molecular weight excluding hydrogens is 190 g/mol. The first-order valence-electron chi connectivity index (χ1n) is 6.35. The zero-order valence-corrected chi connectivity index (χ0v) is 9.71. The van der Waals surface area contributed by atoms with Gasteiger partial charge in [-0.2, -0.15) is 0 Å². The second-order valence-electron chi connectivity index (χ2n) is 4.71. The topological polar surface area (TPSA) is 30.5 Å². The summed E-state index contributed by atoms with van der Waals surface area (Å²) in [6.45, 7) is 5.09. The molecule has 2 aliphatic rings. The molecule has 1 N–H and O–H groups in total. The van der Waals surface area contributed by atoms with Crippen molar-refractivity contribution in [2.24, 2.45) is 0 Å². The van der Waals surface area contributed by atoms with Gasteiger partial charge in [0.1, 0.15) is 0 Å². The van der Waals surface area contributed by atoms with Crippen LogP contribution in [0, 0.1) is 0 Å². The minimum atomic E-state index is 0.382. The van der Waals surface area contributed by atoms with Crippen LogP contribution in [0.2, 0.25) is 0 Å². The first-order valence-corrected chi connectivity index (χ1v) is 6.35. The Morgan fingerprint density at radius 3 is 2.93 bits per heavy atom. The summed E-state index contributed by atoms with van der Waals surface area (Å²) >= 11 is 0. The fourth-order valence-corrected chi connectivity index (χ4v) is 2.24. The van der Waals surface area contributed by atoms with Gasteiger partial charge in [0.2, 0.25) is 0 Å². The molecule has 0 bridgehead atoms. The van der Waals surface area contributed by atoms with Crippen LogP contribution in [0.3, 0.4) is 0 Å². The Labute approximate surface area is 92.5 Å². The predicted molar refractivity (Wildman–Crippen MR) is 60.0 cm³/mol. The third-order valence-electron chi connectivity index (χ3n) is 3.32. The molecular formula is C12H23NO2. The summed E-state index contributed by atoms with van der Waals surface area (Å²) in [5, 5.41) is 3.52. The summed E-state index contributed by atoms with van der Waals surface area (Å²) in [6.07, 6.45) is 6.86. The van der Waals surface area contributed by atoms with E-state index < -0.39 is 0 Å². The van der Waals surface area contributed by atoms with Crippen molar-refractivity contribution in [3.8, 4) is 0 Å². The number of rotatable bonds is 6. The summed E-state index contributed by atoms with van der Waals surface area (Å²) in [5.74, 6) is 0. The zero-order chi connectivity index (χ0) is 10.5. The third kappa shape index (κ3) is 3.44. The average Bonchev–Trinajstić information content (AvgIpc) is 2.67. The minimum absolute atomic E-state index is 0.382. The highest BCUT2D eigenvalue weighted by Crippen LogP contribution is 2.24. The number of hydrogen-bond acceptors (Lipinski definition) is 3. The van der Waals surface area contributed by atoms with Crippen LogP contribution >= 0.6 is 0 Å². The Kier molecular flexibility index (Phi) is 4.42. The second-order valence-corrected chi connectivity index (χ2v) is 4.71. The Bertz CT molecular complexity index is 174. The quantitative estimate of drug-likeness (QED) is 0.728. The molecule has 0 aromatic rings. The number of ether oxygens (including phenoxy) is 2. The van der Waals surface area contributed by atoms with Crippen molar-refractivity contribution in [1.82, 2.24) is 5.32 Å². The van der Waals surface area contributed by atoms with Crippen LogP contribution in [-0.2, 0) is 9.47 Å². The van der Waals surface area contributed by atoms with E-state index in [1.165, 1.54) is 32.1 Å². The van der Waals surface area contributed by atoms with E-state index in [2.05, 4.69) is 12.2 Å². The monoisotopic (exact) mass is 213 g/mol. The summed E-state index contributed by atoms with van der Waals surface area (Å²) in [7, 11) is 0. The molecule has 0 aromatic carbocycles. The minimum Gasteiger partial charge on any atom is -0.376 e. The average molecular weight is 213 g/mol. The summed E-state index contributed by atoms with van der Waals surface area (Å²) in [6, 6.07) is 0.708. The lowest BCUT2D eigenvalue weighted by molar-refractivity contribution is -0.0594. The Morgan fingerprint density at radius 2 is 2.27 bits per heavy atom. The molecule has 0 radical (unpaired) electrons. The lowest BCUT2D eigenvalue weighted by Crippen LogP contribution is -2.46. The van der Waals surface area contributed by atoms with Crippen LogP contribution in [0.5, 0.6) is 0 Å². The maximum Gasteiger partial charge on any atom is 0.0809 e. The molecule has 2 fully saturated rings. The molecule has 88 valence electrons. The van der Waals surface area contributed by atoms with Crippen molar-refractivity contribution in [3.05, 3.63) is 0 Å². The van der Waals surface area contributed by atoms with E-state index in [-0.39, 0.29) is 0 Å². The van der Waals surface area contributed by atoms with Gasteiger partial charge in [0, 0.05) is 12.6 Å². The van der Waals surface area contributed by atoms with Crippen LogP contribution in [0.1, 0.15) is 39.0 Å². The fourth-order valence-electron chi connectivity index (χ4n) is 2.24. The number of nitrogens with one attached hydrogen (secondary N) is 1. The van der Waals surface area contributed by atoms with Gasteiger partial charge in [0.25, 0.3) is 0 Å². The molecule has 0 aromatic heterocycles. The molecule has 15 heavy (non-hydrogen) atoms. The van der Waals surface area contributed by atoms with E-state index in [9.17, 15) is 0 Å². The van der Waals surface area contributed by atoms with Crippen molar-refractivity contribution in [3.63, 3.8) is 0 Å². The molecule has 2 rings (SSSR count). The van der Waals surface area contributed by atoms with Crippen molar-refractivity contribution in [1.29, 1.82) is 0 Å². The van der Waals surface area contributed by atoms with Crippen molar-refractivity contribution in [2.75, 3.05) is 19.8 Å². The first-order chi connectivity index (χ1) is 7.38. The largest absolute Gasteiger partial charge is 0.376 e. The van der Waals surface area contributed by atoms with E-state index >= 15 is 0 Å². The van der Waals surface area contributed by atoms with Gasteiger partial charge in [-0.1, -0.05) is 6.92 Å². The van der Waals surface area contributed by atoms with Crippen molar-refractivity contribution < 1.29 is 9.47 Å². The van der Waals surface area contributed by atoms with E-state index in [1.807, 2.05) is 0 Å². The Hall–Kier alpha value is -0.120. The van der Waals surface area contributed by atoms with Gasteiger partial charge in [0.05, 0.1) is 18.8 Å². The molecule has 3 nitrogen and oxygen atoms in total. The van der Waals surface area contributed by atoms with Gasteiger partial charge in [0.15, 0.2) is 0 Å². The lowest BCUT2D eigenvalue weighted by Gasteiger charge is -2.36. The highest BCUT2D eigenvalue weighted by Gasteiger charge is 2.30. The SMILES string of the molecule is CCCNC1CC(OCC2CCCO2)C1. The van der Waals surface area contributed by atoms with Gasteiger partial charge in [-0.25, -0.2) is 0 Å². The predicted octanol–water partition coefficient (Wildman–Crippen LogP) is 1.71. The molecule has 1 aliphatic carbocycles. The van der Waals surface area contributed by atoms with Crippen LogP contribution in [0.25, 0.3) is 0 Å². The van der Waals surface area contributed by atoms with Crippen LogP contribution in [-0.4, -0.2) is 38.0 Å². The molecule has 1 saturated heterocycles. The molecule has 3 heteroatoms. The van der Waals surface area contributed by atoms with Gasteiger partial charge < -0.3 is 14.8 Å². The highest BCUT2D eigenvalue weighted by atomic mass is 16.5. The maximum absolute atomic E-state index is 5.81. The molecule has 1 aliphatic heterocycles. The maximum atomic E-state index is 5.81. The molecule has 0 amide bonds. The smallest absolute Gasteiger partial charge is 0.0809 e. The first kappa shape index (κ1) is 11.4. The van der Waals surface area contributed by atoms with Crippen molar-refractivity contribution in [2.45, 2.75) is 57.3 Å². The Balaban J connectivity index is 1.48. The number of hydrogen-bond donors (Lipinski definition) is 1. The zero-order valence-electron chi connectivity index (χ0n) is 9.71. The van der Waals surface area contributed by atoms with E-state index in [4.69, 9.17) is 9.47 Å². The van der Waals surface area contributed by atoms with E-state index in [1.54, 1.807) is 0 Å².